The van der Waals surface area contributed by atoms with E-state index < -0.39 is 11.9 Å². The number of amides is 1. The maximum absolute atomic E-state index is 14.1. The van der Waals surface area contributed by atoms with Crippen molar-refractivity contribution in [3.63, 3.8) is 0 Å². The van der Waals surface area contributed by atoms with Crippen molar-refractivity contribution in [2.24, 2.45) is 0 Å². The van der Waals surface area contributed by atoms with Gasteiger partial charge in [0.25, 0.3) is 17.4 Å². The van der Waals surface area contributed by atoms with E-state index in [9.17, 15) is 14.4 Å². The van der Waals surface area contributed by atoms with E-state index in [1.807, 2.05) is 0 Å². The smallest absolute Gasteiger partial charge is 0.284 e. The minimum atomic E-state index is -0.723. The maximum Gasteiger partial charge on any atom is 0.284 e. The molecule has 0 saturated heterocycles. The lowest BCUT2D eigenvalue weighted by molar-refractivity contribution is -0.498. The van der Waals surface area contributed by atoms with Gasteiger partial charge in [0, 0.05) is 24.2 Å². The van der Waals surface area contributed by atoms with Crippen molar-refractivity contribution < 1.29 is 18.3 Å². The summed E-state index contributed by atoms with van der Waals surface area (Å²) >= 11 is 0. The van der Waals surface area contributed by atoms with E-state index in [4.69, 9.17) is 10.5 Å². The molecular weight excluding hydrogens is 425 g/mol. The molecule has 1 aliphatic rings. The molecule has 0 saturated carbocycles. The van der Waals surface area contributed by atoms with Crippen molar-refractivity contribution in [1.29, 1.82) is 5.26 Å². The SMILES string of the molecule is C[C@H]1Oc2nc(cnc2N)-c2c([nH]c3ccc(C#N)c[n+]23)CN(C)C(=O)c2ccc(F)cc21. The maximum atomic E-state index is 14.1. The molecule has 0 radical (unpaired) electrons. The second-order valence-corrected chi connectivity index (χ2v) is 7.84. The molecule has 4 heterocycles. The van der Waals surface area contributed by atoms with Crippen molar-refractivity contribution in [3.8, 4) is 23.3 Å². The van der Waals surface area contributed by atoms with Crippen LogP contribution < -0.4 is 14.9 Å². The van der Waals surface area contributed by atoms with E-state index >= 15 is 0 Å². The highest BCUT2D eigenvalue weighted by molar-refractivity contribution is 5.95. The molecule has 5 rings (SSSR count). The van der Waals surface area contributed by atoms with Crippen LogP contribution in [0.15, 0.2) is 42.7 Å². The van der Waals surface area contributed by atoms with Crippen molar-refractivity contribution in [3.05, 3.63) is 70.9 Å². The molecule has 2 bridgehead atoms. The first kappa shape index (κ1) is 20.4. The Labute approximate surface area is 187 Å². The van der Waals surface area contributed by atoms with Crippen molar-refractivity contribution in [2.75, 3.05) is 12.8 Å². The van der Waals surface area contributed by atoms with Gasteiger partial charge in [0.15, 0.2) is 11.5 Å². The fourth-order valence-corrected chi connectivity index (χ4v) is 4.00. The van der Waals surface area contributed by atoms with Crippen LogP contribution in [0.5, 0.6) is 5.88 Å². The van der Waals surface area contributed by atoms with E-state index in [0.717, 1.165) is 0 Å². The fourth-order valence-electron chi connectivity index (χ4n) is 4.00. The highest BCUT2D eigenvalue weighted by Crippen LogP contribution is 2.31. The highest BCUT2D eigenvalue weighted by Gasteiger charge is 2.29. The molecule has 1 amide bonds. The lowest BCUT2D eigenvalue weighted by atomic mass is 10.0. The number of nitrogen functional groups attached to an aromatic ring is 1. The number of nitrogens with one attached hydrogen (secondary N) is 1. The van der Waals surface area contributed by atoms with Gasteiger partial charge in [-0.1, -0.05) is 0 Å². The van der Waals surface area contributed by atoms with Gasteiger partial charge in [-0.25, -0.2) is 19.3 Å². The minimum Gasteiger partial charge on any atom is -0.467 e. The summed E-state index contributed by atoms with van der Waals surface area (Å²) in [5, 5.41) is 9.37. The molecule has 1 aliphatic heterocycles. The number of imidazole rings is 1. The molecule has 0 fully saturated rings. The van der Waals surface area contributed by atoms with Crippen molar-refractivity contribution in [2.45, 2.75) is 19.6 Å². The standard InChI is InChI=1S/C23H18FN7O2/c1-12-16-7-14(24)4-5-15(16)23(32)30(2)11-18-20(17-9-27-21(26)22(29-17)33-12)31-10-13(8-25)3-6-19(31)28-18/h3-7,9-10,12H,11H2,1-2H3,(H2,26,27)/p+1/t12-/m1/s1. The van der Waals surface area contributed by atoms with Gasteiger partial charge in [0.1, 0.15) is 29.9 Å². The summed E-state index contributed by atoms with van der Waals surface area (Å²) < 4.78 is 21.8. The lowest BCUT2D eigenvalue weighted by Crippen LogP contribution is -2.30. The number of carbonyl (C=O) groups is 1. The zero-order valence-corrected chi connectivity index (χ0v) is 17.8. The summed E-state index contributed by atoms with van der Waals surface area (Å²) in [7, 11) is 1.66. The molecular formula is C23H19FN7O2+. The van der Waals surface area contributed by atoms with Gasteiger partial charge in [-0.3, -0.25) is 4.79 Å². The molecule has 1 aromatic carbocycles. The van der Waals surface area contributed by atoms with Crippen molar-refractivity contribution in [1.82, 2.24) is 19.9 Å². The normalized spacial score (nSPS) is 15.6. The van der Waals surface area contributed by atoms with E-state index in [-0.39, 0.29) is 24.1 Å². The predicted octanol–water partition coefficient (Wildman–Crippen LogP) is 2.53. The van der Waals surface area contributed by atoms with Gasteiger partial charge in [0.05, 0.1) is 18.3 Å². The van der Waals surface area contributed by atoms with Crippen LogP contribution in [0.25, 0.3) is 17.0 Å². The molecule has 10 heteroatoms. The number of hydrogen-bond acceptors (Lipinski definition) is 6. The summed E-state index contributed by atoms with van der Waals surface area (Å²) in [5.74, 6) is -0.652. The molecule has 0 unspecified atom stereocenters. The zero-order chi connectivity index (χ0) is 23.3. The van der Waals surface area contributed by atoms with E-state index in [2.05, 4.69) is 21.0 Å². The first-order chi connectivity index (χ1) is 15.9. The predicted molar refractivity (Wildman–Crippen MR) is 115 cm³/mol. The molecule has 164 valence electrons. The number of hydrogen-bond donors (Lipinski definition) is 2. The third kappa shape index (κ3) is 3.40. The van der Waals surface area contributed by atoms with Crippen LogP contribution in [0.1, 0.15) is 40.2 Å². The minimum absolute atomic E-state index is 0.0631. The molecule has 3 N–H and O–H groups in total. The number of rotatable bonds is 0. The van der Waals surface area contributed by atoms with Gasteiger partial charge >= 0.3 is 0 Å². The number of aromatic amines is 1. The Bertz CT molecular complexity index is 1470. The first-order valence-electron chi connectivity index (χ1n) is 10.2. The van der Waals surface area contributed by atoms with Gasteiger partial charge in [0.2, 0.25) is 5.69 Å². The van der Waals surface area contributed by atoms with Crippen LogP contribution in [-0.2, 0) is 6.54 Å². The topological polar surface area (TPSA) is 125 Å². The number of carbonyl (C=O) groups excluding carboxylic acids is 1. The Kier molecular flexibility index (Phi) is 4.67. The first-order valence-corrected chi connectivity index (χ1v) is 10.2. The summed E-state index contributed by atoms with van der Waals surface area (Å²) in [6, 6.07) is 9.55. The number of aromatic nitrogens is 4. The lowest BCUT2D eigenvalue weighted by Gasteiger charge is -2.22. The molecule has 9 nitrogen and oxygen atoms in total. The van der Waals surface area contributed by atoms with Crippen LogP contribution in [0.3, 0.4) is 0 Å². The number of fused-ring (bicyclic) bond motifs is 7. The number of ether oxygens (including phenoxy) is 1. The Morgan fingerprint density at radius 2 is 2.18 bits per heavy atom. The highest BCUT2D eigenvalue weighted by atomic mass is 19.1. The molecule has 0 spiro atoms. The number of anilines is 1. The molecule has 3 aromatic heterocycles. The average molecular weight is 444 g/mol. The average Bonchev–Trinajstić information content (AvgIpc) is 3.16. The third-order valence-corrected chi connectivity index (χ3v) is 5.61. The van der Waals surface area contributed by atoms with Crippen LogP contribution >= 0.6 is 0 Å². The summed E-state index contributed by atoms with van der Waals surface area (Å²) in [6.07, 6.45) is 2.46. The van der Waals surface area contributed by atoms with Gasteiger partial charge in [-0.15, -0.1) is 0 Å². The van der Waals surface area contributed by atoms with E-state index in [1.54, 1.807) is 36.7 Å². The Morgan fingerprint density at radius 3 is 2.97 bits per heavy atom. The summed E-state index contributed by atoms with van der Waals surface area (Å²) in [4.78, 5) is 27.0. The van der Waals surface area contributed by atoms with Crippen molar-refractivity contribution >= 4 is 17.4 Å². The Balaban J connectivity index is 1.78. The number of halogens is 1. The second kappa shape index (κ2) is 7.56. The quantitative estimate of drug-likeness (QED) is 0.402. The van der Waals surface area contributed by atoms with Crippen LogP contribution in [0.2, 0.25) is 0 Å². The number of H-pyrrole nitrogens is 1. The van der Waals surface area contributed by atoms with E-state index in [0.29, 0.717) is 39.4 Å². The third-order valence-electron chi connectivity index (χ3n) is 5.61. The molecule has 0 aliphatic carbocycles. The van der Waals surface area contributed by atoms with Crippen LogP contribution in [0, 0.1) is 17.1 Å². The fraction of sp³-hybridized carbons (Fsp3) is 0.174. The van der Waals surface area contributed by atoms with Crippen LogP contribution in [-0.4, -0.2) is 32.8 Å². The second-order valence-electron chi connectivity index (χ2n) is 7.84. The van der Waals surface area contributed by atoms with Crippen LogP contribution in [0.4, 0.5) is 10.2 Å². The molecule has 4 aromatic rings. The number of pyridine rings is 1. The summed E-state index contributed by atoms with van der Waals surface area (Å²) in [6.45, 7) is 1.89. The molecule has 33 heavy (non-hydrogen) atoms. The number of benzene rings is 1. The van der Waals surface area contributed by atoms with Gasteiger partial charge in [-0.05, 0) is 31.2 Å². The largest absolute Gasteiger partial charge is 0.467 e. The number of nitrogens with two attached hydrogens (primary N) is 1. The number of nitriles is 1. The zero-order valence-electron chi connectivity index (χ0n) is 17.8. The van der Waals surface area contributed by atoms with Gasteiger partial charge in [-0.2, -0.15) is 9.66 Å². The monoisotopic (exact) mass is 444 g/mol. The van der Waals surface area contributed by atoms with E-state index in [1.165, 1.54) is 29.3 Å². The Morgan fingerprint density at radius 1 is 1.36 bits per heavy atom. The Hall–Kier alpha value is -4.52. The summed E-state index contributed by atoms with van der Waals surface area (Å²) in [5.41, 5.74) is 9.59. The van der Waals surface area contributed by atoms with Gasteiger partial charge < -0.3 is 15.4 Å². The molecule has 1 atom stereocenters. The number of nitrogens with zero attached hydrogens (tertiary/aromatic N) is 5.